The van der Waals surface area contributed by atoms with Crippen LogP contribution in [0.1, 0.15) is 37.0 Å². The zero-order valence-corrected chi connectivity index (χ0v) is 13.0. The summed E-state index contributed by atoms with van der Waals surface area (Å²) in [7, 11) is 3.03. The van der Waals surface area contributed by atoms with Crippen LogP contribution in [0.15, 0.2) is 18.2 Å². The molecule has 0 fully saturated rings. The molecule has 0 saturated carbocycles. The number of carbonyl (C=O) groups excluding carboxylic acids is 2. The zero-order valence-electron chi connectivity index (χ0n) is 13.0. The minimum atomic E-state index is -0.770. The molecule has 0 aliphatic rings. The van der Waals surface area contributed by atoms with Crippen molar-refractivity contribution in [1.82, 2.24) is 0 Å². The number of methoxy groups -OCH3 is 2. The van der Waals surface area contributed by atoms with E-state index in [-0.39, 0.29) is 12.4 Å². The number of esters is 1. The molecule has 1 aromatic carbocycles. The van der Waals surface area contributed by atoms with Crippen LogP contribution in [0.4, 0.5) is 0 Å². The number of hydrogen-bond donors (Lipinski definition) is 0. The summed E-state index contributed by atoms with van der Waals surface area (Å²) in [4.78, 5) is 24.4. The smallest absolute Gasteiger partial charge is 0.316 e. The SMILES string of the molecule is CCCC(C(=O)OCC)C(=O)c1ccc(OC)c(OC)c1. The molecule has 0 spiro atoms. The van der Waals surface area contributed by atoms with Crippen LogP contribution < -0.4 is 9.47 Å². The Hall–Kier alpha value is -2.04. The van der Waals surface area contributed by atoms with Crippen molar-refractivity contribution in [2.75, 3.05) is 20.8 Å². The van der Waals surface area contributed by atoms with Gasteiger partial charge in [0.1, 0.15) is 5.92 Å². The molecule has 116 valence electrons. The summed E-state index contributed by atoms with van der Waals surface area (Å²) in [5.74, 6) is -0.497. The summed E-state index contributed by atoms with van der Waals surface area (Å²) < 4.78 is 15.3. The second-order valence-corrected chi connectivity index (χ2v) is 4.53. The molecule has 0 aliphatic heterocycles. The van der Waals surface area contributed by atoms with E-state index in [0.717, 1.165) is 6.42 Å². The predicted octanol–water partition coefficient (Wildman–Crippen LogP) is 2.87. The largest absolute Gasteiger partial charge is 0.493 e. The topological polar surface area (TPSA) is 61.8 Å². The molecular formula is C16H22O5. The van der Waals surface area contributed by atoms with Crippen LogP contribution in [-0.4, -0.2) is 32.6 Å². The lowest BCUT2D eigenvalue weighted by Crippen LogP contribution is -2.26. The van der Waals surface area contributed by atoms with Gasteiger partial charge < -0.3 is 14.2 Å². The molecule has 0 aliphatic carbocycles. The van der Waals surface area contributed by atoms with E-state index in [1.807, 2.05) is 6.92 Å². The fourth-order valence-corrected chi connectivity index (χ4v) is 2.08. The molecule has 1 aromatic rings. The molecule has 0 radical (unpaired) electrons. The van der Waals surface area contributed by atoms with Crippen molar-refractivity contribution in [3.63, 3.8) is 0 Å². The number of ether oxygens (including phenoxy) is 3. The number of ketones is 1. The lowest BCUT2D eigenvalue weighted by Gasteiger charge is -2.15. The van der Waals surface area contributed by atoms with E-state index in [0.29, 0.717) is 23.5 Å². The quantitative estimate of drug-likeness (QED) is 0.419. The van der Waals surface area contributed by atoms with Crippen LogP contribution in [0.2, 0.25) is 0 Å². The van der Waals surface area contributed by atoms with Gasteiger partial charge in [0, 0.05) is 5.56 Å². The van der Waals surface area contributed by atoms with E-state index in [9.17, 15) is 9.59 Å². The van der Waals surface area contributed by atoms with Crippen molar-refractivity contribution in [3.8, 4) is 11.5 Å². The first kappa shape index (κ1) is 17.0. The van der Waals surface area contributed by atoms with Crippen molar-refractivity contribution in [2.45, 2.75) is 26.7 Å². The van der Waals surface area contributed by atoms with Crippen LogP contribution >= 0.6 is 0 Å². The van der Waals surface area contributed by atoms with Gasteiger partial charge >= 0.3 is 5.97 Å². The Morgan fingerprint density at radius 1 is 1.10 bits per heavy atom. The monoisotopic (exact) mass is 294 g/mol. The van der Waals surface area contributed by atoms with Crippen LogP contribution in [0.3, 0.4) is 0 Å². The molecule has 0 N–H and O–H groups in total. The molecule has 1 unspecified atom stereocenters. The summed E-state index contributed by atoms with van der Waals surface area (Å²) in [5, 5.41) is 0. The highest BCUT2D eigenvalue weighted by molar-refractivity contribution is 6.08. The molecule has 0 bridgehead atoms. The van der Waals surface area contributed by atoms with Gasteiger partial charge in [-0.1, -0.05) is 13.3 Å². The van der Waals surface area contributed by atoms with Crippen molar-refractivity contribution < 1.29 is 23.8 Å². The van der Waals surface area contributed by atoms with Gasteiger partial charge in [-0.25, -0.2) is 0 Å². The molecule has 0 aromatic heterocycles. The Morgan fingerprint density at radius 3 is 2.29 bits per heavy atom. The minimum Gasteiger partial charge on any atom is -0.493 e. The maximum atomic E-state index is 12.5. The highest BCUT2D eigenvalue weighted by Gasteiger charge is 2.28. The fourth-order valence-electron chi connectivity index (χ4n) is 2.08. The van der Waals surface area contributed by atoms with E-state index in [1.54, 1.807) is 25.1 Å². The fraction of sp³-hybridized carbons (Fsp3) is 0.500. The van der Waals surface area contributed by atoms with Crippen LogP contribution in [0.25, 0.3) is 0 Å². The molecule has 21 heavy (non-hydrogen) atoms. The zero-order chi connectivity index (χ0) is 15.8. The van der Waals surface area contributed by atoms with Gasteiger partial charge in [0.25, 0.3) is 0 Å². The summed E-state index contributed by atoms with van der Waals surface area (Å²) in [6.45, 7) is 3.91. The first-order chi connectivity index (χ1) is 10.1. The Kier molecular flexibility index (Phi) is 6.72. The molecule has 0 saturated heterocycles. The molecule has 0 heterocycles. The Balaban J connectivity index is 3.05. The van der Waals surface area contributed by atoms with Crippen LogP contribution in [0, 0.1) is 5.92 Å². The third-order valence-electron chi connectivity index (χ3n) is 3.13. The van der Waals surface area contributed by atoms with E-state index >= 15 is 0 Å². The lowest BCUT2D eigenvalue weighted by molar-refractivity contribution is -0.146. The van der Waals surface area contributed by atoms with Gasteiger partial charge in [-0.3, -0.25) is 9.59 Å². The standard InChI is InChI=1S/C16H22O5/c1-5-7-12(16(18)21-6-2)15(17)11-8-9-13(19-3)14(10-11)20-4/h8-10,12H,5-7H2,1-4H3. The summed E-state index contributed by atoms with van der Waals surface area (Å²) in [5.41, 5.74) is 0.416. The number of hydrogen-bond acceptors (Lipinski definition) is 5. The molecule has 5 heteroatoms. The third-order valence-corrected chi connectivity index (χ3v) is 3.13. The van der Waals surface area contributed by atoms with Gasteiger partial charge in [0.2, 0.25) is 0 Å². The molecule has 5 nitrogen and oxygen atoms in total. The molecular weight excluding hydrogens is 272 g/mol. The van der Waals surface area contributed by atoms with Crippen molar-refractivity contribution in [2.24, 2.45) is 5.92 Å². The highest BCUT2D eigenvalue weighted by Crippen LogP contribution is 2.29. The van der Waals surface area contributed by atoms with E-state index in [1.165, 1.54) is 14.2 Å². The van der Waals surface area contributed by atoms with Crippen LogP contribution in [0.5, 0.6) is 11.5 Å². The Bertz CT molecular complexity index is 495. The summed E-state index contributed by atoms with van der Waals surface area (Å²) in [6.07, 6.45) is 1.19. The first-order valence-corrected chi connectivity index (χ1v) is 7.01. The number of carbonyl (C=O) groups is 2. The number of benzene rings is 1. The second kappa shape index (κ2) is 8.29. The molecule has 1 rings (SSSR count). The van der Waals surface area contributed by atoms with Gasteiger partial charge in [-0.05, 0) is 31.5 Å². The van der Waals surface area contributed by atoms with Gasteiger partial charge in [-0.2, -0.15) is 0 Å². The van der Waals surface area contributed by atoms with Gasteiger partial charge in [-0.15, -0.1) is 0 Å². The maximum Gasteiger partial charge on any atom is 0.316 e. The van der Waals surface area contributed by atoms with Crippen LogP contribution in [-0.2, 0) is 9.53 Å². The average Bonchev–Trinajstić information content (AvgIpc) is 2.51. The second-order valence-electron chi connectivity index (χ2n) is 4.53. The van der Waals surface area contributed by atoms with Crippen molar-refractivity contribution in [1.29, 1.82) is 0 Å². The van der Waals surface area contributed by atoms with E-state index in [4.69, 9.17) is 14.2 Å². The maximum absolute atomic E-state index is 12.5. The van der Waals surface area contributed by atoms with Gasteiger partial charge in [0.15, 0.2) is 17.3 Å². The Labute approximate surface area is 125 Å². The summed E-state index contributed by atoms with van der Waals surface area (Å²) >= 11 is 0. The number of Topliss-reactive ketones (excluding diaryl/α,β-unsaturated/α-hetero) is 1. The van der Waals surface area contributed by atoms with Crippen molar-refractivity contribution in [3.05, 3.63) is 23.8 Å². The number of rotatable bonds is 8. The van der Waals surface area contributed by atoms with E-state index in [2.05, 4.69) is 0 Å². The summed E-state index contributed by atoms with van der Waals surface area (Å²) in [6, 6.07) is 4.87. The first-order valence-electron chi connectivity index (χ1n) is 7.01. The lowest BCUT2D eigenvalue weighted by atomic mass is 9.93. The van der Waals surface area contributed by atoms with Crippen molar-refractivity contribution >= 4 is 11.8 Å². The predicted molar refractivity (Wildman–Crippen MR) is 78.9 cm³/mol. The normalized spacial score (nSPS) is 11.6. The Morgan fingerprint density at radius 2 is 1.76 bits per heavy atom. The van der Waals surface area contributed by atoms with Gasteiger partial charge in [0.05, 0.1) is 20.8 Å². The average molecular weight is 294 g/mol. The highest BCUT2D eigenvalue weighted by atomic mass is 16.5. The minimum absolute atomic E-state index is 0.253. The third kappa shape index (κ3) is 4.21. The molecule has 0 amide bonds. The van der Waals surface area contributed by atoms with E-state index < -0.39 is 11.9 Å². The molecule has 1 atom stereocenters.